The molecule has 0 saturated carbocycles. The van der Waals surface area contributed by atoms with E-state index in [0.29, 0.717) is 5.69 Å². The maximum Gasteiger partial charge on any atom is 0.269 e. The van der Waals surface area contributed by atoms with E-state index in [1.807, 2.05) is 18.2 Å². The number of sulfonamides is 1. The summed E-state index contributed by atoms with van der Waals surface area (Å²) in [6.45, 7) is 1.07. The molecular weight excluding hydrogens is 352 g/mol. The van der Waals surface area contributed by atoms with Crippen LogP contribution in [0, 0.1) is 0 Å². The number of amides is 1. The predicted molar refractivity (Wildman–Crippen MR) is 99.5 cm³/mol. The number of carbonyl (C=O) groups excluding carboxylic acids is 1. The number of rotatable bonds is 5. The van der Waals surface area contributed by atoms with Crippen LogP contribution in [0.2, 0.25) is 0 Å². The van der Waals surface area contributed by atoms with Gasteiger partial charge in [0.15, 0.2) is 0 Å². The largest absolute Gasteiger partial charge is 0.345 e. The van der Waals surface area contributed by atoms with Gasteiger partial charge in [0, 0.05) is 39.9 Å². The minimum atomic E-state index is -3.70. The zero-order valence-electron chi connectivity index (χ0n) is 15.2. The molecule has 8 heteroatoms. The number of carbonyl (C=O) groups is 1. The molecule has 1 amide bonds. The third kappa shape index (κ3) is 3.67. The number of aryl methyl sites for hydroxylation is 1. The first-order chi connectivity index (χ1) is 12.3. The highest BCUT2D eigenvalue weighted by Gasteiger charge is 2.24. The molecule has 0 saturated heterocycles. The number of benzene rings is 1. The highest BCUT2D eigenvalue weighted by molar-refractivity contribution is 7.89. The molecule has 2 heterocycles. The van der Waals surface area contributed by atoms with Gasteiger partial charge in [-0.3, -0.25) is 4.79 Å². The summed E-state index contributed by atoms with van der Waals surface area (Å²) < 4.78 is 29.5. The normalized spacial score (nSPS) is 17.0. The fourth-order valence-electron chi connectivity index (χ4n) is 3.17. The summed E-state index contributed by atoms with van der Waals surface area (Å²) >= 11 is 0. The zero-order chi connectivity index (χ0) is 18.9. The van der Waals surface area contributed by atoms with Gasteiger partial charge in [-0.25, -0.2) is 13.1 Å². The van der Waals surface area contributed by atoms with Gasteiger partial charge in [-0.2, -0.15) is 0 Å². The molecular formula is C18H24N4O3S. The molecule has 0 spiro atoms. The molecule has 0 aliphatic carbocycles. The number of nitrogens with one attached hydrogen (secondary N) is 2. The van der Waals surface area contributed by atoms with Gasteiger partial charge in [0.2, 0.25) is 10.0 Å². The highest BCUT2D eigenvalue weighted by atomic mass is 32.2. The molecule has 1 aliphatic heterocycles. The third-order valence-corrected chi connectivity index (χ3v) is 6.00. The van der Waals surface area contributed by atoms with Crippen LogP contribution in [0.15, 0.2) is 41.4 Å². The summed E-state index contributed by atoms with van der Waals surface area (Å²) in [7, 11) is 1.22. The Kier molecular flexibility index (Phi) is 5.17. The standard InChI is InChI=1S/C18H24N4O3S/c1-21(2)18(23)17-10-14(12-22(17)3)26(24,25)20-11-16-15-7-5-4-6-13(15)8-9-19-16/h4-7,10,12,16,19-20H,8-9,11H2,1-3H3. The van der Waals surface area contributed by atoms with E-state index in [-0.39, 0.29) is 23.4 Å². The van der Waals surface area contributed by atoms with Crippen LogP contribution < -0.4 is 10.0 Å². The average Bonchev–Trinajstić information content (AvgIpc) is 3.01. The maximum absolute atomic E-state index is 12.7. The van der Waals surface area contributed by atoms with E-state index in [0.717, 1.165) is 18.5 Å². The van der Waals surface area contributed by atoms with Gasteiger partial charge in [0.1, 0.15) is 10.6 Å². The second kappa shape index (κ2) is 7.22. The summed E-state index contributed by atoms with van der Waals surface area (Å²) in [4.78, 5) is 13.6. The molecule has 1 aromatic heterocycles. The Bertz CT molecular complexity index is 918. The van der Waals surface area contributed by atoms with Gasteiger partial charge in [-0.05, 0) is 30.2 Å². The Morgan fingerprint density at radius 3 is 2.81 bits per heavy atom. The number of hydrogen-bond donors (Lipinski definition) is 2. The zero-order valence-corrected chi connectivity index (χ0v) is 16.0. The molecule has 1 atom stereocenters. The lowest BCUT2D eigenvalue weighted by Crippen LogP contribution is -2.38. The Morgan fingerprint density at radius 1 is 1.35 bits per heavy atom. The predicted octanol–water partition coefficient (Wildman–Crippen LogP) is 0.892. The van der Waals surface area contributed by atoms with Crippen molar-refractivity contribution >= 4 is 15.9 Å². The van der Waals surface area contributed by atoms with Crippen molar-refractivity contribution in [2.24, 2.45) is 7.05 Å². The SMILES string of the molecule is CN(C)C(=O)c1cc(S(=O)(=O)NCC2NCCc3ccccc32)cn1C. The van der Waals surface area contributed by atoms with E-state index >= 15 is 0 Å². The number of fused-ring (bicyclic) bond motifs is 1. The molecule has 7 nitrogen and oxygen atoms in total. The van der Waals surface area contributed by atoms with Crippen LogP contribution in [0.5, 0.6) is 0 Å². The lowest BCUT2D eigenvalue weighted by atomic mass is 9.95. The Balaban J connectivity index is 1.77. The fourth-order valence-corrected chi connectivity index (χ4v) is 4.29. The van der Waals surface area contributed by atoms with Gasteiger partial charge >= 0.3 is 0 Å². The molecule has 1 aliphatic rings. The van der Waals surface area contributed by atoms with Crippen LogP contribution in [-0.2, 0) is 23.5 Å². The summed E-state index contributed by atoms with van der Waals surface area (Å²) in [5, 5.41) is 3.36. The first kappa shape index (κ1) is 18.6. The molecule has 3 rings (SSSR count). The molecule has 0 bridgehead atoms. The lowest BCUT2D eigenvalue weighted by molar-refractivity contribution is 0.0818. The van der Waals surface area contributed by atoms with Crippen molar-refractivity contribution < 1.29 is 13.2 Å². The van der Waals surface area contributed by atoms with Gasteiger partial charge < -0.3 is 14.8 Å². The average molecular weight is 376 g/mol. The molecule has 0 radical (unpaired) electrons. The number of nitrogens with zero attached hydrogens (tertiary/aromatic N) is 2. The number of hydrogen-bond acceptors (Lipinski definition) is 4. The van der Waals surface area contributed by atoms with Crippen molar-refractivity contribution in [3.8, 4) is 0 Å². The summed E-state index contributed by atoms with van der Waals surface area (Å²) in [5.41, 5.74) is 2.70. The van der Waals surface area contributed by atoms with Crippen LogP contribution in [0.25, 0.3) is 0 Å². The minimum Gasteiger partial charge on any atom is -0.345 e. The molecule has 2 N–H and O–H groups in total. The summed E-state index contributed by atoms with van der Waals surface area (Å²) in [6, 6.07) is 9.40. The first-order valence-corrected chi connectivity index (χ1v) is 9.97. The van der Waals surface area contributed by atoms with Gasteiger partial charge in [0.25, 0.3) is 5.91 Å². The van der Waals surface area contributed by atoms with E-state index in [1.165, 1.54) is 27.3 Å². The van der Waals surface area contributed by atoms with Gasteiger partial charge in [-0.15, -0.1) is 0 Å². The third-order valence-electron chi connectivity index (χ3n) is 4.61. The van der Waals surface area contributed by atoms with E-state index in [9.17, 15) is 13.2 Å². The monoisotopic (exact) mass is 376 g/mol. The van der Waals surface area contributed by atoms with Crippen LogP contribution in [0.3, 0.4) is 0 Å². The second-order valence-corrected chi connectivity index (χ2v) is 8.45. The van der Waals surface area contributed by atoms with Crippen molar-refractivity contribution in [1.29, 1.82) is 0 Å². The molecule has 2 aromatic rings. The van der Waals surface area contributed by atoms with Crippen LogP contribution in [0.4, 0.5) is 0 Å². The Hall–Kier alpha value is -2.16. The quantitative estimate of drug-likeness (QED) is 0.812. The topological polar surface area (TPSA) is 83.4 Å². The minimum absolute atomic E-state index is 0.0682. The van der Waals surface area contributed by atoms with E-state index in [2.05, 4.69) is 16.1 Å². The van der Waals surface area contributed by atoms with E-state index in [1.54, 1.807) is 21.1 Å². The highest BCUT2D eigenvalue weighted by Crippen LogP contribution is 2.23. The van der Waals surface area contributed by atoms with Crippen molar-refractivity contribution in [3.05, 3.63) is 53.3 Å². The number of aromatic nitrogens is 1. The van der Waals surface area contributed by atoms with Crippen molar-refractivity contribution in [1.82, 2.24) is 19.5 Å². The molecule has 1 unspecified atom stereocenters. The van der Waals surface area contributed by atoms with Crippen LogP contribution in [-0.4, -0.2) is 51.0 Å². The fraction of sp³-hybridized carbons (Fsp3) is 0.389. The maximum atomic E-state index is 12.7. The molecule has 0 fully saturated rings. The summed E-state index contributed by atoms with van der Waals surface area (Å²) in [6.07, 6.45) is 2.40. The lowest BCUT2D eigenvalue weighted by Gasteiger charge is -2.27. The van der Waals surface area contributed by atoms with Crippen molar-refractivity contribution in [2.75, 3.05) is 27.2 Å². The van der Waals surface area contributed by atoms with Crippen molar-refractivity contribution in [2.45, 2.75) is 17.4 Å². The van der Waals surface area contributed by atoms with Crippen molar-refractivity contribution in [3.63, 3.8) is 0 Å². The van der Waals surface area contributed by atoms with Gasteiger partial charge in [0.05, 0.1) is 0 Å². The first-order valence-electron chi connectivity index (χ1n) is 8.48. The van der Waals surface area contributed by atoms with E-state index < -0.39 is 10.0 Å². The Labute approximate surface area is 154 Å². The second-order valence-electron chi connectivity index (χ2n) is 6.68. The Morgan fingerprint density at radius 2 is 2.08 bits per heavy atom. The molecule has 140 valence electrons. The van der Waals surface area contributed by atoms with Gasteiger partial charge in [-0.1, -0.05) is 24.3 Å². The molecule has 1 aromatic carbocycles. The van der Waals surface area contributed by atoms with Crippen LogP contribution >= 0.6 is 0 Å². The summed E-state index contributed by atoms with van der Waals surface area (Å²) in [5.74, 6) is -0.239. The smallest absolute Gasteiger partial charge is 0.269 e. The molecule has 26 heavy (non-hydrogen) atoms. The van der Waals surface area contributed by atoms with E-state index in [4.69, 9.17) is 0 Å². The van der Waals surface area contributed by atoms with Crippen LogP contribution in [0.1, 0.15) is 27.7 Å².